The molecule has 0 aliphatic carbocycles. The van der Waals surface area contributed by atoms with Gasteiger partial charge in [-0.3, -0.25) is 0 Å². The molecule has 1 aromatic carbocycles. The molecule has 0 radical (unpaired) electrons. The zero-order chi connectivity index (χ0) is 16.4. The van der Waals surface area contributed by atoms with Gasteiger partial charge in [0.2, 0.25) is 5.96 Å². The van der Waals surface area contributed by atoms with Crippen molar-refractivity contribution in [3.8, 4) is 0 Å². The van der Waals surface area contributed by atoms with Crippen LogP contribution in [0.5, 0.6) is 0 Å². The Labute approximate surface area is 114 Å². The lowest BCUT2D eigenvalue weighted by Gasteiger charge is -2.15. The van der Waals surface area contributed by atoms with E-state index in [0.717, 1.165) is 0 Å². The van der Waals surface area contributed by atoms with Crippen LogP contribution in [0.2, 0.25) is 0 Å². The Morgan fingerprint density at radius 1 is 0.857 bits per heavy atom. The van der Waals surface area contributed by atoms with Gasteiger partial charge >= 0.3 is 12.4 Å². The van der Waals surface area contributed by atoms with Crippen LogP contribution in [0.3, 0.4) is 0 Å². The van der Waals surface area contributed by atoms with Gasteiger partial charge < -0.3 is 17.2 Å². The van der Waals surface area contributed by atoms with E-state index in [4.69, 9.17) is 17.2 Å². The first-order valence-electron chi connectivity index (χ1n) is 5.13. The molecule has 0 atom stereocenters. The molecule has 0 aromatic heterocycles. The Kier molecular flexibility index (Phi) is 4.35. The third-order valence-electron chi connectivity index (χ3n) is 2.10. The first kappa shape index (κ1) is 16.6. The molecule has 5 nitrogen and oxygen atoms in total. The van der Waals surface area contributed by atoms with Gasteiger partial charge in [0.15, 0.2) is 5.96 Å². The highest BCUT2D eigenvalue weighted by atomic mass is 19.4. The topological polar surface area (TPSA) is 103 Å². The van der Waals surface area contributed by atoms with Crippen LogP contribution in [-0.2, 0) is 12.4 Å². The quantitative estimate of drug-likeness (QED) is 0.419. The fourth-order valence-corrected chi connectivity index (χ4v) is 1.37. The molecule has 0 unspecified atom stereocenters. The van der Waals surface area contributed by atoms with Crippen molar-refractivity contribution >= 4 is 17.6 Å². The summed E-state index contributed by atoms with van der Waals surface area (Å²) in [6, 6.07) is 1.18. The van der Waals surface area contributed by atoms with Gasteiger partial charge in [0.1, 0.15) is 0 Å². The summed E-state index contributed by atoms with van der Waals surface area (Å²) in [6.07, 6.45) is -10.4. The van der Waals surface area contributed by atoms with Gasteiger partial charge in [0, 0.05) is 0 Å². The third-order valence-corrected chi connectivity index (χ3v) is 2.10. The average molecular weight is 313 g/mol. The predicted molar refractivity (Wildman–Crippen MR) is 63.5 cm³/mol. The van der Waals surface area contributed by atoms with E-state index in [0.29, 0.717) is 6.07 Å². The maximum Gasteiger partial charge on any atom is 0.417 e. The monoisotopic (exact) mass is 313 g/mol. The molecule has 0 spiro atoms. The summed E-state index contributed by atoms with van der Waals surface area (Å²) in [4.78, 5) is 6.61. The van der Waals surface area contributed by atoms with Gasteiger partial charge in [-0.05, 0) is 18.2 Å². The molecule has 0 saturated heterocycles. The van der Waals surface area contributed by atoms with Crippen molar-refractivity contribution in [2.24, 2.45) is 27.2 Å². The van der Waals surface area contributed by atoms with Crippen molar-refractivity contribution in [1.29, 1.82) is 0 Å². The largest absolute Gasteiger partial charge is 0.417 e. The molecule has 6 N–H and O–H groups in total. The lowest BCUT2D eigenvalue weighted by Crippen LogP contribution is -2.26. The highest BCUT2D eigenvalue weighted by Crippen LogP contribution is 2.41. The van der Waals surface area contributed by atoms with Crippen LogP contribution >= 0.6 is 0 Å². The van der Waals surface area contributed by atoms with E-state index in [1.807, 2.05) is 0 Å². The number of alkyl halides is 6. The van der Waals surface area contributed by atoms with Crippen molar-refractivity contribution in [3.05, 3.63) is 29.3 Å². The van der Waals surface area contributed by atoms with Crippen LogP contribution < -0.4 is 17.2 Å². The molecule has 0 aliphatic rings. The van der Waals surface area contributed by atoms with Gasteiger partial charge in [-0.15, -0.1) is 0 Å². The van der Waals surface area contributed by atoms with E-state index in [1.54, 1.807) is 0 Å². The summed E-state index contributed by atoms with van der Waals surface area (Å²) in [5, 5.41) is 0. The van der Waals surface area contributed by atoms with Gasteiger partial charge in [-0.1, -0.05) is 0 Å². The molecule has 1 aromatic rings. The second kappa shape index (κ2) is 5.50. The smallest absolute Gasteiger partial charge is 0.370 e. The summed E-state index contributed by atoms with van der Waals surface area (Å²) in [5.74, 6) is -1.10. The highest BCUT2D eigenvalue weighted by Gasteiger charge is 2.43. The van der Waals surface area contributed by atoms with Gasteiger partial charge in [0.05, 0.1) is 16.8 Å². The molecule has 1 rings (SSSR count). The summed E-state index contributed by atoms with van der Waals surface area (Å²) < 4.78 is 75.6. The second-order valence-electron chi connectivity index (χ2n) is 3.73. The molecule has 0 heterocycles. The molecule has 0 fully saturated rings. The summed E-state index contributed by atoms with van der Waals surface area (Å²) >= 11 is 0. The van der Waals surface area contributed by atoms with Gasteiger partial charge in [0.25, 0.3) is 0 Å². The number of nitrogens with zero attached hydrogens (tertiary/aromatic N) is 2. The van der Waals surface area contributed by atoms with Gasteiger partial charge in [-0.25, -0.2) is 4.99 Å². The molecular weight excluding hydrogens is 304 g/mol. The van der Waals surface area contributed by atoms with Crippen LogP contribution in [0.4, 0.5) is 32.0 Å². The molecule has 0 saturated carbocycles. The first-order chi connectivity index (χ1) is 9.41. The van der Waals surface area contributed by atoms with Crippen LogP contribution in [0, 0.1) is 0 Å². The SMILES string of the molecule is NC(N)=NC(N)=Nc1ccc(C(F)(F)F)c(C(F)(F)F)c1. The third kappa shape index (κ3) is 4.54. The fourth-order valence-electron chi connectivity index (χ4n) is 1.37. The fraction of sp³-hybridized carbons (Fsp3) is 0.200. The molecule has 0 bridgehead atoms. The van der Waals surface area contributed by atoms with Crippen molar-refractivity contribution in [2.45, 2.75) is 12.4 Å². The highest BCUT2D eigenvalue weighted by molar-refractivity contribution is 5.93. The Morgan fingerprint density at radius 3 is 1.81 bits per heavy atom. The Balaban J connectivity index is 3.40. The number of rotatable bonds is 1. The number of benzene rings is 1. The summed E-state index contributed by atoms with van der Waals surface area (Å²) in [6.45, 7) is 0. The normalized spacial score (nSPS) is 13.1. The van der Waals surface area contributed by atoms with Crippen molar-refractivity contribution < 1.29 is 26.3 Å². The zero-order valence-corrected chi connectivity index (χ0v) is 10.1. The Bertz CT molecular complexity index is 583. The number of aliphatic imine (C=N–C) groups is 2. The predicted octanol–water partition coefficient (Wildman–Crippen LogP) is 1.94. The number of hydrogen-bond acceptors (Lipinski definition) is 1. The Hall–Kier alpha value is -2.46. The number of guanidine groups is 2. The summed E-state index contributed by atoms with van der Waals surface area (Å²) in [5.41, 5.74) is 10.9. The van der Waals surface area contributed by atoms with Crippen molar-refractivity contribution in [3.63, 3.8) is 0 Å². The summed E-state index contributed by atoms with van der Waals surface area (Å²) in [7, 11) is 0. The minimum atomic E-state index is -5.21. The minimum absolute atomic E-state index is 0.206. The standard InChI is InChI=1S/C10H9F6N5/c11-9(12,13)5-2-1-4(3-6(5)10(14,15)16)20-8(19)21-7(17)18/h1-3H,(H6,17,18,19,20,21). The van der Waals surface area contributed by atoms with Crippen molar-refractivity contribution in [2.75, 3.05) is 0 Å². The van der Waals surface area contributed by atoms with Crippen LogP contribution in [-0.4, -0.2) is 11.9 Å². The van der Waals surface area contributed by atoms with E-state index in [1.165, 1.54) is 0 Å². The Morgan fingerprint density at radius 2 is 1.38 bits per heavy atom. The first-order valence-corrected chi connectivity index (χ1v) is 5.13. The lowest BCUT2D eigenvalue weighted by atomic mass is 10.1. The molecule has 0 aliphatic heterocycles. The van der Waals surface area contributed by atoms with Crippen LogP contribution in [0.25, 0.3) is 0 Å². The molecule has 11 heteroatoms. The van der Waals surface area contributed by atoms with E-state index in [2.05, 4.69) is 9.98 Å². The molecule has 21 heavy (non-hydrogen) atoms. The molecule has 116 valence electrons. The van der Waals surface area contributed by atoms with E-state index >= 15 is 0 Å². The van der Waals surface area contributed by atoms with E-state index < -0.39 is 41.1 Å². The van der Waals surface area contributed by atoms with E-state index in [-0.39, 0.29) is 12.1 Å². The zero-order valence-electron chi connectivity index (χ0n) is 10.1. The maximum absolute atomic E-state index is 12.7. The molecular formula is C10H9F6N5. The average Bonchev–Trinajstić information content (AvgIpc) is 2.24. The van der Waals surface area contributed by atoms with Crippen molar-refractivity contribution in [1.82, 2.24) is 0 Å². The van der Waals surface area contributed by atoms with Crippen LogP contribution in [0.1, 0.15) is 11.1 Å². The molecule has 0 amide bonds. The second-order valence-corrected chi connectivity index (χ2v) is 3.73. The van der Waals surface area contributed by atoms with E-state index in [9.17, 15) is 26.3 Å². The number of hydrogen-bond donors (Lipinski definition) is 3. The maximum atomic E-state index is 12.7. The van der Waals surface area contributed by atoms with Crippen LogP contribution in [0.15, 0.2) is 28.2 Å². The number of halogens is 6. The minimum Gasteiger partial charge on any atom is -0.370 e. The van der Waals surface area contributed by atoms with Gasteiger partial charge in [-0.2, -0.15) is 31.3 Å². The number of nitrogens with two attached hydrogens (primary N) is 3. The lowest BCUT2D eigenvalue weighted by molar-refractivity contribution is -0.162.